The van der Waals surface area contributed by atoms with Crippen LogP contribution in [-0.4, -0.2) is 40.9 Å². The summed E-state index contributed by atoms with van der Waals surface area (Å²) < 4.78 is 2.23. The molecule has 1 aromatic carbocycles. The lowest BCUT2D eigenvalue weighted by molar-refractivity contribution is 0.121. The van der Waals surface area contributed by atoms with Crippen molar-refractivity contribution in [2.75, 3.05) is 19.3 Å². The summed E-state index contributed by atoms with van der Waals surface area (Å²) in [5, 5.41) is 13.1. The molecule has 0 saturated carbocycles. The second kappa shape index (κ2) is 9.02. The lowest BCUT2D eigenvalue weighted by Crippen LogP contribution is -2.41. The van der Waals surface area contributed by atoms with Crippen molar-refractivity contribution in [1.82, 2.24) is 9.62 Å². The van der Waals surface area contributed by atoms with Crippen LogP contribution in [0.2, 0.25) is 0 Å². The number of aliphatic hydroxyl groups is 1. The molecule has 0 aliphatic carbocycles. The highest BCUT2D eigenvalue weighted by Crippen LogP contribution is 2.28. The average Bonchev–Trinajstić information content (AvgIpc) is 2.48. The zero-order chi connectivity index (χ0) is 15.1. The Morgan fingerprint density at radius 3 is 2.86 bits per heavy atom. The van der Waals surface area contributed by atoms with Crippen molar-refractivity contribution in [1.29, 1.82) is 0 Å². The highest BCUT2D eigenvalue weighted by atomic mass is 33.1. The molecule has 0 radical (unpaired) electrons. The van der Waals surface area contributed by atoms with Crippen LogP contribution in [0.3, 0.4) is 0 Å². The molecule has 0 spiro atoms. The number of nitrogens with two attached hydrogens (primary N) is 1. The summed E-state index contributed by atoms with van der Waals surface area (Å²) in [4.78, 5) is 0. The summed E-state index contributed by atoms with van der Waals surface area (Å²) in [6.07, 6.45) is 1.62. The van der Waals surface area contributed by atoms with Crippen LogP contribution >= 0.6 is 21.8 Å². The van der Waals surface area contributed by atoms with E-state index in [1.54, 1.807) is 11.0 Å². The van der Waals surface area contributed by atoms with Gasteiger partial charge in [0.15, 0.2) is 0 Å². The van der Waals surface area contributed by atoms with E-state index in [2.05, 4.69) is 34.9 Å². The number of hydrogen-bond acceptors (Lipinski definition) is 6. The van der Waals surface area contributed by atoms with Crippen molar-refractivity contribution >= 4 is 21.8 Å². The fourth-order valence-corrected chi connectivity index (χ4v) is 4.71. The molecular weight excluding hydrogens is 302 g/mol. The Morgan fingerprint density at radius 2 is 2.14 bits per heavy atom. The van der Waals surface area contributed by atoms with E-state index >= 15 is 0 Å². The van der Waals surface area contributed by atoms with Crippen molar-refractivity contribution in [2.45, 2.75) is 38.1 Å². The third kappa shape index (κ3) is 5.81. The molecule has 2 rings (SSSR count). The van der Waals surface area contributed by atoms with Gasteiger partial charge in [-0.1, -0.05) is 35.1 Å². The van der Waals surface area contributed by atoms with Crippen LogP contribution in [0.4, 0.5) is 0 Å². The first kappa shape index (κ1) is 17.1. The molecule has 6 heteroatoms. The zero-order valence-corrected chi connectivity index (χ0v) is 14.1. The lowest BCUT2D eigenvalue weighted by Gasteiger charge is -2.27. The maximum Gasteiger partial charge on any atom is 0.0567 e. The van der Waals surface area contributed by atoms with E-state index in [-0.39, 0.29) is 6.10 Å². The Kier molecular flexibility index (Phi) is 7.36. The van der Waals surface area contributed by atoms with E-state index in [1.165, 1.54) is 11.1 Å². The molecule has 4 nitrogen and oxygen atoms in total. The van der Waals surface area contributed by atoms with Gasteiger partial charge in [-0.05, 0) is 48.5 Å². The molecule has 1 aromatic rings. The molecule has 0 bridgehead atoms. The third-order valence-corrected chi connectivity index (χ3v) is 6.16. The van der Waals surface area contributed by atoms with E-state index < -0.39 is 0 Å². The molecule has 1 aliphatic heterocycles. The third-order valence-electron chi connectivity index (χ3n) is 3.65. The van der Waals surface area contributed by atoms with E-state index in [4.69, 9.17) is 5.73 Å². The Morgan fingerprint density at radius 1 is 1.38 bits per heavy atom. The van der Waals surface area contributed by atoms with Gasteiger partial charge in [-0.25, -0.2) is 4.31 Å². The van der Waals surface area contributed by atoms with Gasteiger partial charge in [0, 0.05) is 24.9 Å². The van der Waals surface area contributed by atoms with Crippen LogP contribution in [0.15, 0.2) is 24.3 Å². The highest BCUT2D eigenvalue weighted by molar-refractivity contribution is 8.75. The van der Waals surface area contributed by atoms with Crippen LogP contribution in [0, 0.1) is 0 Å². The quantitative estimate of drug-likeness (QED) is 0.526. The van der Waals surface area contributed by atoms with E-state index in [9.17, 15) is 5.11 Å². The van der Waals surface area contributed by atoms with Crippen LogP contribution in [0.5, 0.6) is 0 Å². The molecule has 1 fully saturated rings. The standard InChI is InChI=1S/C15H25N3OS2/c1-18(10-13-5-3-2-4-12(13)9-16)21-20-11-14-8-15(19)6-7-17-14/h2-5,14-15,17,19H,6-11,16H2,1H3. The smallest absolute Gasteiger partial charge is 0.0567 e. The van der Waals surface area contributed by atoms with Crippen molar-refractivity contribution in [2.24, 2.45) is 5.73 Å². The van der Waals surface area contributed by atoms with Crippen LogP contribution in [0.25, 0.3) is 0 Å². The second-order valence-corrected chi connectivity index (χ2v) is 7.94. The van der Waals surface area contributed by atoms with Gasteiger partial charge in [0.1, 0.15) is 0 Å². The van der Waals surface area contributed by atoms with Crippen LogP contribution in [-0.2, 0) is 13.1 Å². The first-order chi connectivity index (χ1) is 10.2. The van der Waals surface area contributed by atoms with Gasteiger partial charge in [-0.3, -0.25) is 0 Å². The summed E-state index contributed by atoms with van der Waals surface area (Å²) in [5.41, 5.74) is 8.28. The number of aliphatic hydroxyl groups excluding tert-OH is 1. The molecular formula is C15H25N3OS2. The van der Waals surface area contributed by atoms with Gasteiger partial charge in [0.25, 0.3) is 0 Å². The summed E-state index contributed by atoms with van der Waals surface area (Å²) in [6.45, 7) is 2.41. The lowest BCUT2D eigenvalue weighted by atomic mass is 10.0. The van der Waals surface area contributed by atoms with Crippen molar-refractivity contribution in [3.63, 3.8) is 0 Å². The molecule has 1 saturated heterocycles. The number of piperidine rings is 1. The molecule has 0 aromatic heterocycles. The van der Waals surface area contributed by atoms with Crippen molar-refractivity contribution < 1.29 is 5.11 Å². The Balaban J connectivity index is 1.71. The first-order valence-electron chi connectivity index (χ1n) is 7.38. The predicted molar refractivity (Wildman–Crippen MR) is 92.9 cm³/mol. The second-order valence-electron chi connectivity index (χ2n) is 5.45. The van der Waals surface area contributed by atoms with Gasteiger partial charge in [0.2, 0.25) is 0 Å². The van der Waals surface area contributed by atoms with E-state index in [0.29, 0.717) is 12.6 Å². The zero-order valence-electron chi connectivity index (χ0n) is 12.5. The molecule has 2 atom stereocenters. The Bertz CT molecular complexity index is 433. The maximum absolute atomic E-state index is 9.66. The minimum Gasteiger partial charge on any atom is -0.393 e. The minimum absolute atomic E-state index is 0.129. The van der Waals surface area contributed by atoms with Crippen molar-refractivity contribution in [3.8, 4) is 0 Å². The van der Waals surface area contributed by atoms with E-state index in [0.717, 1.165) is 31.7 Å². The van der Waals surface area contributed by atoms with Crippen LogP contribution in [0.1, 0.15) is 24.0 Å². The highest BCUT2D eigenvalue weighted by Gasteiger charge is 2.19. The molecule has 2 unspecified atom stereocenters. The van der Waals surface area contributed by atoms with Gasteiger partial charge in [-0.2, -0.15) is 0 Å². The summed E-state index contributed by atoms with van der Waals surface area (Å²) in [6, 6.07) is 8.76. The first-order valence-corrected chi connectivity index (χ1v) is 9.65. The van der Waals surface area contributed by atoms with E-state index in [1.807, 2.05) is 16.9 Å². The molecule has 4 N–H and O–H groups in total. The average molecular weight is 328 g/mol. The number of rotatable bonds is 7. The fraction of sp³-hybridized carbons (Fsp3) is 0.600. The maximum atomic E-state index is 9.66. The molecule has 0 amide bonds. The molecule has 118 valence electrons. The van der Waals surface area contributed by atoms with Gasteiger partial charge in [-0.15, -0.1) is 0 Å². The number of nitrogens with one attached hydrogen (secondary N) is 1. The number of benzene rings is 1. The summed E-state index contributed by atoms with van der Waals surface area (Å²) in [7, 11) is 5.72. The summed E-state index contributed by atoms with van der Waals surface area (Å²) >= 11 is 0. The molecule has 1 aliphatic rings. The number of nitrogens with zero attached hydrogens (tertiary/aromatic N) is 1. The van der Waals surface area contributed by atoms with Gasteiger partial charge >= 0.3 is 0 Å². The molecule has 21 heavy (non-hydrogen) atoms. The topological polar surface area (TPSA) is 61.5 Å². The number of hydrogen-bond donors (Lipinski definition) is 3. The Labute approximate surface area is 135 Å². The minimum atomic E-state index is -0.129. The fourth-order valence-electron chi connectivity index (χ4n) is 2.49. The predicted octanol–water partition coefficient (Wildman–Crippen LogP) is 1.99. The largest absolute Gasteiger partial charge is 0.393 e. The SMILES string of the molecule is CN(Cc1ccccc1CN)SSCC1CC(O)CCN1. The normalized spacial score (nSPS) is 22.7. The summed E-state index contributed by atoms with van der Waals surface area (Å²) in [5.74, 6) is 1.02. The molecule has 1 heterocycles. The monoisotopic (exact) mass is 327 g/mol. The van der Waals surface area contributed by atoms with Gasteiger partial charge < -0.3 is 16.2 Å². The van der Waals surface area contributed by atoms with Crippen LogP contribution < -0.4 is 11.1 Å². The Hall–Kier alpha value is -0.240. The van der Waals surface area contributed by atoms with Gasteiger partial charge in [0.05, 0.1) is 6.10 Å². The van der Waals surface area contributed by atoms with Crippen molar-refractivity contribution in [3.05, 3.63) is 35.4 Å².